The monoisotopic (exact) mass is 160 g/mol. The van der Waals surface area contributed by atoms with Crippen LogP contribution >= 0.6 is 0 Å². The summed E-state index contributed by atoms with van der Waals surface area (Å²) in [7, 11) is 0. The number of hydrogen-bond acceptors (Lipinski definition) is 3. The Morgan fingerprint density at radius 3 is 2.70 bits per heavy atom. The molecule has 0 aromatic carbocycles. The molecule has 0 saturated carbocycles. The molecule has 3 nitrogen and oxygen atoms in total. The van der Waals surface area contributed by atoms with E-state index in [1.54, 1.807) is 0 Å². The zero-order valence-corrected chi connectivity index (χ0v) is 6.69. The van der Waals surface area contributed by atoms with Gasteiger partial charge >= 0.3 is 0 Å². The third-order valence-electron chi connectivity index (χ3n) is 1.20. The number of hydrogen-bond donors (Lipinski definition) is 0. The van der Waals surface area contributed by atoms with Crippen molar-refractivity contribution in [2.75, 3.05) is 0 Å². The van der Waals surface area contributed by atoms with Crippen molar-refractivity contribution < 1.29 is 8.76 Å². The van der Waals surface area contributed by atoms with Crippen molar-refractivity contribution in [3.05, 3.63) is 0 Å². The first kappa shape index (κ1) is 9.60. The quantitative estimate of drug-likeness (QED) is 0.575. The molecule has 0 amide bonds. The van der Waals surface area contributed by atoms with Crippen LogP contribution in [0.15, 0.2) is 0 Å². The van der Waals surface area contributed by atoms with E-state index in [-0.39, 0.29) is 6.42 Å². The highest BCUT2D eigenvalue weighted by atomic mass is 32.2. The molecule has 0 aliphatic heterocycles. The maximum absolute atomic E-state index is 10.3. The topological polar surface area (TPSA) is 63.9 Å². The van der Waals surface area contributed by atoms with Gasteiger partial charge < -0.3 is 4.55 Å². The van der Waals surface area contributed by atoms with Gasteiger partial charge in [-0.05, 0) is 6.42 Å². The van der Waals surface area contributed by atoms with Gasteiger partial charge in [-0.3, -0.25) is 4.21 Å². The summed E-state index contributed by atoms with van der Waals surface area (Å²) in [5.74, 6) is 0. The standard InChI is InChI=1S/C6H11NO2S/c1-2-3-6(4-5-7)10(8)9/h6H,2-4H2,1H3,(H,8,9)/p-1. The van der Waals surface area contributed by atoms with Gasteiger partial charge in [-0.15, -0.1) is 0 Å². The Labute approximate surface area is 63.3 Å². The molecule has 2 unspecified atom stereocenters. The molecule has 0 radical (unpaired) electrons. The van der Waals surface area contributed by atoms with Crippen molar-refractivity contribution >= 4 is 11.1 Å². The van der Waals surface area contributed by atoms with Crippen molar-refractivity contribution in [1.82, 2.24) is 0 Å². The second-order valence-electron chi connectivity index (χ2n) is 2.03. The van der Waals surface area contributed by atoms with Crippen LogP contribution in [0.2, 0.25) is 0 Å². The fourth-order valence-corrected chi connectivity index (χ4v) is 1.33. The predicted molar refractivity (Wildman–Crippen MR) is 37.8 cm³/mol. The van der Waals surface area contributed by atoms with Crippen LogP contribution in [0.25, 0.3) is 0 Å². The third-order valence-corrected chi connectivity index (χ3v) is 2.15. The molecule has 0 aromatic heterocycles. The largest absolute Gasteiger partial charge is 0.772 e. The lowest BCUT2D eigenvalue weighted by atomic mass is 10.2. The van der Waals surface area contributed by atoms with Crippen LogP contribution in [-0.2, 0) is 11.1 Å². The van der Waals surface area contributed by atoms with Crippen LogP contribution < -0.4 is 0 Å². The molecule has 0 fully saturated rings. The van der Waals surface area contributed by atoms with Gasteiger partial charge in [0.05, 0.1) is 6.07 Å². The van der Waals surface area contributed by atoms with Gasteiger partial charge in [-0.1, -0.05) is 24.4 Å². The molecule has 2 atom stereocenters. The minimum atomic E-state index is -2.08. The first-order valence-corrected chi connectivity index (χ1v) is 4.31. The molecule has 10 heavy (non-hydrogen) atoms. The molecule has 4 heteroatoms. The van der Waals surface area contributed by atoms with E-state index >= 15 is 0 Å². The van der Waals surface area contributed by atoms with Crippen LogP contribution in [-0.4, -0.2) is 14.0 Å². The second kappa shape index (κ2) is 5.39. The van der Waals surface area contributed by atoms with Crippen LogP contribution in [0.4, 0.5) is 0 Å². The van der Waals surface area contributed by atoms with E-state index in [0.717, 1.165) is 6.42 Å². The van der Waals surface area contributed by atoms with Gasteiger partial charge in [0.2, 0.25) is 0 Å². The van der Waals surface area contributed by atoms with Crippen molar-refractivity contribution in [2.24, 2.45) is 0 Å². The summed E-state index contributed by atoms with van der Waals surface area (Å²) in [6.07, 6.45) is 1.51. The summed E-state index contributed by atoms with van der Waals surface area (Å²) in [6, 6.07) is 1.84. The zero-order valence-electron chi connectivity index (χ0n) is 5.87. The summed E-state index contributed by atoms with van der Waals surface area (Å²) in [5.41, 5.74) is 0. The summed E-state index contributed by atoms with van der Waals surface area (Å²) in [5, 5.41) is 7.73. The molecule has 0 bridgehead atoms. The smallest absolute Gasteiger partial charge is 0.0633 e. The highest BCUT2D eigenvalue weighted by Gasteiger charge is 2.05. The fraction of sp³-hybridized carbons (Fsp3) is 0.833. The van der Waals surface area contributed by atoms with E-state index < -0.39 is 16.3 Å². The summed E-state index contributed by atoms with van der Waals surface area (Å²) >= 11 is -2.08. The maximum atomic E-state index is 10.3. The Morgan fingerprint density at radius 1 is 1.80 bits per heavy atom. The molecular formula is C6H10NO2S-. The summed E-state index contributed by atoms with van der Waals surface area (Å²) < 4.78 is 20.7. The molecule has 0 aliphatic carbocycles. The first-order valence-electron chi connectivity index (χ1n) is 3.17. The van der Waals surface area contributed by atoms with Crippen molar-refractivity contribution in [3.8, 4) is 6.07 Å². The van der Waals surface area contributed by atoms with Crippen LogP contribution in [0.5, 0.6) is 0 Å². The first-order chi connectivity index (χ1) is 4.72. The number of nitriles is 1. The lowest BCUT2D eigenvalue weighted by Gasteiger charge is -2.14. The fourth-order valence-electron chi connectivity index (χ4n) is 0.690. The highest BCUT2D eigenvalue weighted by molar-refractivity contribution is 7.79. The minimum Gasteiger partial charge on any atom is -0.772 e. The average molecular weight is 160 g/mol. The molecule has 0 rings (SSSR count). The molecule has 58 valence electrons. The normalized spacial score (nSPS) is 15.7. The molecule has 0 N–H and O–H groups in total. The van der Waals surface area contributed by atoms with Crippen LogP contribution in [0.3, 0.4) is 0 Å². The van der Waals surface area contributed by atoms with Crippen molar-refractivity contribution in [2.45, 2.75) is 31.4 Å². The molecule has 0 aromatic rings. The van der Waals surface area contributed by atoms with Gasteiger partial charge in [0, 0.05) is 11.7 Å². The van der Waals surface area contributed by atoms with Gasteiger partial charge in [0.15, 0.2) is 0 Å². The summed E-state index contributed by atoms with van der Waals surface area (Å²) in [6.45, 7) is 1.90. The van der Waals surface area contributed by atoms with E-state index in [1.807, 2.05) is 13.0 Å². The Kier molecular flexibility index (Phi) is 5.17. The predicted octanol–water partition coefficient (Wildman–Crippen LogP) is 0.948. The van der Waals surface area contributed by atoms with Crippen LogP contribution in [0, 0.1) is 11.3 Å². The SMILES string of the molecule is CCCC(CC#N)S(=O)[O-]. The van der Waals surface area contributed by atoms with E-state index in [1.165, 1.54) is 0 Å². The molecule has 0 saturated heterocycles. The summed E-state index contributed by atoms with van der Waals surface area (Å²) in [4.78, 5) is 0. The van der Waals surface area contributed by atoms with Gasteiger partial charge in [-0.25, -0.2) is 0 Å². The lowest BCUT2D eigenvalue weighted by Crippen LogP contribution is -2.13. The Bertz CT molecular complexity index is 152. The second-order valence-corrected chi connectivity index (χ2v) is 3.22. The number of rotatable bonds is 4. The Balaban J connectivity index is 3.75. The lowest BCUT2D eigenvalue weighted by molar-refractivity contribution is 0.515. The van der Waals surface area contributed by atoms with Gasteiger partial charge in [0.1, 0.15) is 0 Å². The zero-order chi connectivity index (χ0) is 7.98. The Hall–Kier alpha value is -0.400. The number of nitrogens with zero attached hydrogens (tertiary/aromatic N) is 1. The Morgan fingerprint density at radius 2 is 2.40 bits per heavy atom. The average Bonchev–Trinajstić information content (AvgIpc) is 1.87. The molecule has 0 spiro atoms. The van der Waals surface area contributed by atoms with Crippen molar-refractivity contribution in [1.29, 1.82) is 5.26 Å². The van der Waals surface area contributed by atoms with E-state index in [9.17, 15) is 8.76 Å². The van der Waals surface area contributed by atoms with E-state index in [2.05, 4.69) is 0 Å². The van der Waals surface area contributed by atoms with Crippen LogP contribution in [0.1, 0.15) is 26.2 Å². The van der Waals surface area contributed by atoms with Gasteiger partial charge in [0.25, 0.3) is 0 Å². The maximum Gasteiger partial charge on any atom is 0.0633 e. The molecule has 0 aliphatic rings. The van der Waals surface area contributed by atoms with Crippen molar-refractivity contribution in [3.63, 3.8) is 0 Å². The minimum absolute atomic E-state index is 0.115. The van der Waals surface area contributed by atoms with E-state index in [0.29, 0.717) is 6.42 Å². The molecular weight excluding hydrogens is 150 g/mol. The molecule has 0 heterocycles. The van der Waals surface area contributed by atoms with Gasteiger partial charge in [-0.2, -0.15) is 5.26 Å². The highest BCUT2D eigenvalue weighted by Crippen LogP contribution is 2.06. The van der Waals surface area contributed by atoms with E-state index in [4.69, 9.17) is 5.26 Å². The third kappa shape index (κ3) is 3.59.